The molecule has 7 heteroatoms. The number of likely N-dealkylation sites (tertiary alicyclic amines) is 1. The van der Waals surface area contributed by atoms with Gasteiger partial charge in [0.25, 0.3) is 11.6 Å². The Labute approximate surface area is 129 Å². The molecule has 1 aromatic carbocycles. The Bertz CT molecular complexity index is 548. The van der Waals surface area contributed by atoms with Crippen molar-refractivity contribution in [3.63, 3.8) is 0 Å². The average molecular weight is 314 g/mol. The number of hydrogen-bond donors (Lipinski definition) is 1. The Morgan fingerprint density at radius 1 is 1.52 bits per heavy atom. The minimum atomic E-state index is -0.508. The number of hydrogen-bond acceptors (Lipinski definition) is 4. The van der Waals surface area contributed by atoms with Crippen LogP contribution in [0.25, 0.3) is 0 Å². The van der Waals surface area contributed by atoms with Gasteiger partial charge in [0.05, 0.1) is 4.92 Å². The Hall–Kier alpha value is -1.66. The van der Waals surface area contributed by atoms with Gasteiger partial charge in [-0.15, -0.1) is 12.4 Å². The first-order valence-corrected chi connectivity index (χ1v) is 6.70. The molecular formula is C14H20ClN3O3. The number of nitrogens with zero attached hydrogens (tertiary/aromatic N) is 2. The summed E-state index contributed by atoms with van der Waals surface area (Å²) in [7, 11) is 0. The molecule has 0 aromatic heterocycles. The number of aryl methyl sites for hydroxylation is 1. The molecule has 0 aliphatic carbocycles. The van der Waals surface area contributed by atoms with Gasteiger partial charge in [0, 0.05) is 25.2 Å². The largest absolute Gasteiger partial charge is 0.338 e. The number of nitro benzene ring substituents is 1. The Balaban J connectivity index is 0.00000220. The van der Waals surface area contributed by atoms with Crippen LogP contribution in [0.2, 0.25) is 0 Å². The summed E-state index contributed by atoms with van der Waals surface area (Å²) in [4.78, 5) is 24.7. The first-order chi connectivity index (χ1) is 9.40. The van der Waals surface area contributed by atoms with Crippen molar-refractivity contribution in [1.82, 2.24) is 4.90 Å². The zero-order valence-electron chi connectivity index (χ0n) is 12.1. The van der Waals surface area contributed by atoms with E-state index in [0.717, 1.165) is 12.0 Å². The van der Waals surface area contributed by atoms with Gasteiger partial charge in [0.15, 0.2) is 0 Å². The van der Waals surface area contributed by atoms with Crippen molar-refractivity contribution in [2.75, 3.05) is 13.1 Å². The van der Waals surface area contributed by atoms with E-state index in [4.69, 9.17) is 5.73 Å². The summed E-state index contributed by atoms with van der Waals surface area (Å²) >= 11 is 0. The summed E-state index contributed by atoms with van der Waals surface area (Å²) in [5.41, 5.74) is 6.72. The van der Waals surface area contributed by atoms with Gasteiger partial charge in [0.1, 0.15) is 5.56 Å². The smallest absolute Gasteiger partial charge is 0.282 e. The zero-order chi connectivity index (χ0) is 14.9. The average Bonchev–Trinajstić information content (AvgIpc) is 2.87. The number of benzene rings is 1. The minimum Gasteiger partial charge on any atom is -0.338 e. The van der Waals surface area contributed by atoms with Crippen LogP contribution in [0.15, 0.2) is 18.2 Å². The lowest BCUT2D eigenvalue weighted by molar-refractivity contribution is -0.385. The van der Waals surface area contributed by atoms with Crippen LogP contribution in [-0.2, 0) is 0 Å². The fraction of sp³-hybridized carbons (Fsp3) is 0.500. The highest BCUT2D eigenvalue weighted by Gasteiger charge is 2.31. The van der Waals surface area contributed by atoms with Crippen molar-refractivity contribution in [2.45, 2.75) is 26.3 Å². The molecule has 2 N–H and O–H groups in total. The van der Waals surface area contributed by atoms with Crippen molar-refractivity contribution in [3.8, 4) is 0 Å². The topological polar surface area (TPSA) is 89.5 Å². The van der Waals surface area contributed by atoms with Gasteiger partial charge in [-0.05, 0) is 37.8 Å². The molecule has 1 aliphatic heterocycles. The van der Waals surface area contributed by atoms with E-state index in [2.05, 4.69) is 0 Å². The van der Waals surface area contributed by atoms with Crippen molar-refractivity contribution in [3.05, 3.63) is 39.4 Å². The Kier molecular flexibility index (Phi) is 5.69. The third-order valence-corrected chi connectivity index (χ3v) is 3.83. The van der Waals surface area contributed by atoms with Crippen LogP contribution in [0.3, 0.4) is 0 Å². The molecular weight excluding hydrogens is 294 g/mol. The van der Waals surface area contributed by atoms with E-state index < -0.39 is 4.92 Å². The molecule has 6 nitrogen and oxygen atoms in total. The second-order valence-electron chi connectivity index (χ2n) is 5.44. The maximum atomic E-state index is 12.5. The summed E-state index contributed by atoms with van der Waals surface area (Å²) < 4.78 is 0. The fourth-order valence-electron chi connectivity index (χ4n) is 2.55. The third kappa shape index (κ3) is 3.71. The summed E-state index contributed by atoms with van der Waals surface area (Å²) in [5, 5.41) is 11.0. The first kappa shape index (κ1) is 17.4. The van der Waals surface area contributed by atoms with Gasteiger partial charge in [-0.3, -0.25) is 14.9 Å². The van der Waals surface area contributed by atoms with Gasteiger partial charge < -0.3 is 10.6 Å². The summed E-state index contributed by atoms with van der Waals surface area (Å²) in [5.74, 6) is -0.00800. The molecule has 2 atom stereocenters. The summed E-state index contributed by atoms with van der Waals surface area (Å²) in [6, 6.07) is 4.64. The normalized spacial score (nSPS) is 19.0. The second kappa shape index (κ2) is 6.87. The molecule has 0 bridgehead atoms. The van der Waals surface area contributed by atoms with Gasteiger partial charge in [-0.2, -0.15) is 0 Å². The standard InChI is InChI=1S/C14H19N3O3.ClH/c1-9-3-4-13(17(19)20)12(7-9)14(18)16-6-5-11(8-16)10(2)15;/h3-4,7,10-11H,5-6,8,15H2,1-2H3;1H. The number of amides is 1. The van der Waals surface area contributed by atoms with Crippen LogP contribution >= 0.6 is 12.4 Å². The monoisotopic (exact) mass is 313 g/mol. The lowest BCUT2D eigenvalue weighted by Gasteiger charge is -2.18. The quantitative estimate of drug-likeness (QED) is 0.683. The summed E-state index contributed by atoms with van der Waals surface area (Å²) in [6.07, 6.45) is 0.850. The Morgan fingerprint density at radius 3 is 2.71 bits per heavy atom. The number of nitro groups is 1. The van der Waals surface area contributed by atoms with Gasteiger partial charge in [-0.25, -0.2) is 0 Å². The van der Waals surface area contributed by atoms with Crippen LogP contribution in [-0.4, -0.2) is 34.9 Å². The van der Waals surface area contributed by atoms with E-state index in [0.29, 0.717) is 13.1 Å². The number of halogens is 1. The molecule has 1 heterocycles. The number of rotatable bonds is 3. The lowest BCUT2D eigenvalue weighted by atomic mass is 10.0. The molecule has 1 fully saturated rings. The maximum Gasteiger partial charge on any atom is 0.282 e. The SMILES string of the molecule is Cc1ccc([N+](=O)[O-])c(C(=O)N2CCC(C(C)N)C2)c1.Cl. The minimum absolute atomic E-state index is 0. The van der Waals surface area contributed by atoms with E-state index in [1.54, 1.807) is 17.0 Å². The number of carbonyl (C=O) groups excluding carboxylic acids is 1. The molecule has 1 aromatic rings. The summed E-state index contributed by atoms with van der Waals surface area (Å²) in [6.45, 7) is 4.92. The number of carbonyl (C=O) groups is 1. The molecule has 0 radical (unpaired) electrons. The van der Waals surface area contributed by atoms with E-state index in [1.165, 1.54) is 6.07 Å². The predicted molar refractivity (Wildman–Crippen MR) is 82.7 cm³/mol. The molecule has 2 unspecified atom stereocenters. The van der Waals surface area contributed by atoms with Crippen LogP contribution in [0.5, 0.6) is 0 Å². The maximum absolute atomic E-state index is 12.5. The van der Waals surface area contributed by atoms with Crippen molar-refractivity contribution in [2.24, 2.45) is 11.7 Å². The first-order valence-electron chi connectivity index (χ1n) is 6.70. The molecule has 116 valence electrons. The molecule has 21 heavy (non-hydrogen) atoms. The van der Waals surface area contributed by atoms with Crippen LogP contribution in [0.1, 0.15) is 29.3 Å². The van der Waals surface area contributed by atoms with Crippen molar-refractivity contribution in [1.29, 1.82) is 0 Å². The van der Waals surface area contributed by atoms with Crippen molar-refractivity contribution >= 4 is 24.0 Å². The highest BCUT2D eigenvalue weighted by molar-refractivity contribution is 5.98. The van der Waals surface area contributed by atoms with Crippen LogP contribution < -0.4 is 5.73 Å². The molecule has 0 saturated carbocycles. The Morgan fingerprint density at radius 2 is 2.19 bits per heavy atom. The second-order valence-corrected chi connectivity index (χ2v) is 5.44. The van der Waals surface area contributed by atoms with Gasteiger partial charge in [-0.1, -0.05) is 6.07 Å². The number of nitrogens with two attached hydrogens (primary N) is 1. The van der Waals surface area contributed by atoms with Gasteiger partial charge in [0.2, 0.25) is 0 Å². The van der Waals surface area contributed by atoms with Gasteiger partial charge >= 0.3 is 0 Å². The van der Waals surface area contributed by atoms with E-state index >= 15 is 0 Å². The fourth-order valence-corrected chi connectivity index (χ4v) is 2.55. The molecule has 1 saturated heterocycles. The van der Waals surface area contributed by atoms with Crippen LogP contribution in [0.4, 0.5) is 5.69 Å². The van der Waals surface area contributed by atoms with E-state index in [-0.39, 0.29) is 41.5 Å². The lowest BCUT2D eigenvalue weighted by Crippen LogP contribution is -2.33. The predicted octanol–water partition coefficient (Wildman–Crippen LogP) is 2.13. The van der Waals surface area contributed by atoms with Crippen LogP contribution in [0, 0.1) is 23.0 Å². The van der Waals surface area contributed by atoms with E-state index in [9.17, 15) is 14.9 Å². The zero-order valence-corrected chi connectivity index (χ0v) is 12.9. The van der Waals surface area contributed by atoms with Crippen molar-refractivity contribution < 1.29 is 9.72 Å². The molecule has 0 spiro atoms. The highest BCUT2D eigenvalue weighted by Crippen LogP contribution is 2.25. The molecule has 2 rings (SSSR count). The molecule has 1 aliphatic rings. The third-order valence-electron chi connectivity index (χ3n) is 3.83. The highest BCUT2D eigenvalue weighted by atomic mass is 35.5. The van der Waals surface area contributed by atoms with E-state index in [1.807, 2.05) is 13.8 Å². The molecule has 1 amide bonds.